The second-order valence-corrected chi connectivity index (χ2v) is 4.92. The third-order valence-corrected chi connectivity index (χ3v) is 2.90. The summed E-state index contributed by atoms with van der Waals surface area (Å²) in [6.07, 6.45) is 8.44. The predicted molar refractivity (Wildman–Crippen MR) is 84.5 cm³/mol. The van der Waals surface area contributed by atoms with Gasteiger partial charge in [0.15, 0.2) is 0 Å². The van der Waals surface area contributed by atoms with E-state index in [9.17, 15) is 0 Å². The lowest BCUT2D eigenvalue weighted by molar-refractivity contribution is 0.361. The minimum absolute atomic E-state index is 0.617. The number of hydrogen-bond acceptors (Lipinski definition) is 1. The van der Waals surface area contributed by atoms with Gasteiger partial charge < -0.3 is 4.74 Å². The summed E-state index contributed by atoms with van der Waals surface area (Å²) in [5, 5.41) is 0. The monoisotopic (exact) mass is 256 g/mol. The molecule has 1 heteroatoms. The fourth-order valence-corrected chi connectivity index (χ4v) is 1.74. The summed E-state index contributed by atoms with van der Waals surface area (Å²) in [6, 6.07) is 7.95. The Morgan fingerprint density at radius 1 is 1.16 bits per heavy atom. The molecule has 0 atom stereocenters. The normalized spacial score (nSPS) is 11.0. The molecule has 1 aromatic rings. The molecule has 0 aliphatic rings. The highest BCUT2D eigenvalue weighted by Gasteiger charge is 1.97. The molecule has 0 aliphatic carbocycles. The molecule has 0 saturated carbocycles. The van der Waals surface area contributed by atoms with Crippen molar-refractivity contribution in [1.82, 2.24) is 0 Å². The first kappa shape index (κ1) is 15.3. The SMILES string of the molecule is C=Cc1ccccc1OCC=C(C)CCC=C(C)C. The van der Waals surface area contributed by atoms with E-state index in [2.05, 4.69) is 39.5 Å². The van der Waals surface area contributed by atoms with E-state index < -0.39 is 0 Å². The van der Waals surface area contributed by atoms with E-state index in [0.29, 0.717) is 6.61 Å². The van der Waals surface area contributed by atoms with E-state index in [1.54, 1.807) is 0 Å². The van der Waals surface area contributed by atoms with E-state index in [0.717, 1.165) is 24.2 Å². The summed E-state index contributed by atoms with van der Waals surface area (Å²) in [7, 11) is 0. The van der Waals surface area contributed by atoms with Crippen LogP contribution in [0, 0.1) is 0 Å². The van der Waals surface area contributed by atoms with Crippen molar-refractivity contribution in [3.8, 4) is 5.75 Å². The Morgan fingerprint density at radius 2 is 1.89 bits per heavy atom. The highest BCUT2D eigenvalue weighted by Crippen LogP contribution is 2.19. The van der Waals surface area contributed by atoms with Gasteiger partial charge in [-0.3, -0.25) is 0 Å². The average Bonchev–Trinajstić information content (AvgIpc) is 2.39. The van der Waals surface area contributed by atoms with Crippen molar-refractivity contribution >= 4 is 6.08 Å². The van der Waals surface area contributed by atoms with Gasteiger partial charge in [-0.1, -0.05) is 48.1 Å². The zero-order valence-corrected chi connectivity index (χ0v) is 12.3. The van der Waals surface area contributed by atoms with E-state index >= 15 is 0 Å². The number of allylic oxidation sites excluding steroid dienone is 3. The molecule has 0 N–H and O–H groups in total. The lowest BCUT2D eigenvalue weighted by Crippen LogP contribution is -1.96. The largest absolute Gasteiger partial charge is 0.489 e. The summed E-state index contributed by atoms with van der Waals surface area (Å²) >= 11 is 0. The third kappa shape index (κ3) is 6.10. The van der Waals surface area contributed by atoms with Crippen LogP contribution in [0.2, 0.25) is 0 Å². The lowest BCUT2D eigenvalue weighted by Gasteiger charge is -2.07. The molecule has 0 aromatic heterocycles. The summed E-state index contributed by atoms with van der Waals surface area (Å²) < 4.78 is 5.76. The van der Waals surface area contributed by atoms with Crippen molar-refractivity contribution in [2.75, 3.05) is 6.61 Å². The molecule has 19 heavy (non-hydrogen) atoms. The Hall–Kier alpha value is -1.76. The predicted octanol–water partition coefficient (Wildman–Crippen LogP) is 5.40. The van der Waals surface area contributed by atoms with Gasteiger partial charge in [0, 0.05) is 5.56 Å². The Bertz CT molecular complexity index is 462. The smallest absolute Gasteiger partial charge is 0.126 e. The van der Waals surface area contributed by atoms with Crippen LogP contribution < -0.4 is 4.74 Å². The lowest BCUT2D eigenvalue weighted by atomic mass is 10.1. The van der Waals surface area contributed by atoms with E-state index in [-0.39, 0.29) is 0 Å². The molecule has 0 unspecified atom stereocenters. The van der Waals surface area contributed by atoms with Gasteiger partial charge in [0.05, 0.1) is 0 Å². The molecule has 0 radical (unpaired) electrons. The molecule has 0 aliphatic heterocycles. The molecule has 1 nitrogen and oxygen atoms in total. The maximum absolute atomic E-state index is 5.76. The minimum Gasteiger partial charge on any atom is -0.489 e. The van der Waals surface area contributed by atoms with Gasteiger partial charge in [-0.2, -0.15) is 0 Å². The van der Waals surface area contributed by atoms with Crippen molar-refractivity contribution in [2.24, 2.45) is 0 Å². The average molecular weight is 256 g/mol. The van der Waals surface area contributed by atoms with Crippen LogP contribution in [0.25, 0.3) is 6.08 Å². The third-order valence-electron chi connectivity index (χ3n) is 2.90. The van der Waals surface area contributed by atoms with Crippen molar-refractivity contribution in [2.45, 2.75) is 33.6 Å². The van der Waals surface area contributed by atoms with Gasteiger partial charge in [-0.25, -0.2) is 0 Å². The quantitative estimate of drug-likeness (QED) is 0.593. The first-order valence-corrected chi connectivity index (χ1v) is 6.76. The van der Waals surface area contributed by atoms with Crippen LogP contribution in [0.3, 0.4) is 0 Å². The second kappa shape index (κ2) is 8.36. The molecule has 0 bridgehead atoms. The molecule has 0 fully saturated rings. The highest BCUT2D eigenvalue weighted by atomic mass is 16.5. The van der Waals surface area contributed by atoms with Crippen molar-refractivity contribution in [1.29, 1.82) is 0 Å². The fraction of sp³-hybridized carbons (Fsp3) is 0.333. The van der Waals surface area contributed by atoms with E-state index in [1.165, 1.54) is 11.1 Å². The summed E-state index contributed by atoms with van der Waals surface area (Å²) in [5.74, 6) is 0.894. The Labute approximate surface area is 117 Å². The Balaban J connectivity index is 2.44. The standard InChI is InChI=1S/C18H24O/c1-5-17-11-6-7-12-18(17)19-14-13-16(4)10-8-9-15(2)3/h5-7,9,11-13H,1,8,10,14H2,2-4H3. The highest BCUT2D eigenvalue weighted by molar-refractivity contribution is 5.55. The molecule has 0 heterocycles. The van der Waals surface area contributed by atoms with Gasteiger partial charge >= 0.3 is 0 Å². The van der Waals surface area contributed by atoms with Crippen LogP contribution in [0.15, 0.2) is 54.1 Å². The van der Waals surface area contributed by atoms with Crippen molar-refractivity contribution in [3.63, 3.8) is 0 Å². The molecule has 0 spiro atoms. The van der Waals surface area contributed by atoms with Gasteiger partial charge in [0.1, 0.15) is 12.4 Å². The number of ether oxygens (including phenoxy) is 1. The Kier molecular flexibility index (Phi) is 6.73. The summed E-state index contributed by atoms with van der Waals surface area (Å²) in [5.41, 5.74) is 3.79. The van der Waals surface area contributed by atoms with Crippen LogP contribution in [-0.4, -0.2) is 6.61 Å². The van der Waals surface area contributed by atoms with Crippen LogP contribution >= 0.6 is 0 Å². The minimum atomic E-state index is 0.617. The molecule has 1 rings (SSSR count). The second-order valence-electron chi connectivity index (χ2n) is 4.92. The zero-order valence-electron chi connectivity index (χ0n) is 12.3. The maximum Gasteiger partial charge on any atom is 0.126 e. The Morgan fingerprint density at radius 3 is 2.58 bits per heavy atom. The van der Waals surface area contributed by atoms with Crippen molar-refractivity contribution in [3.05, 3.63) is 59.7 Å². The number of rotatable bonds is 7. The molecule has 0 amide bonds. The van der Waals surface area contributed by atoms with Crippen molar-refractivity contribution < 1.29 is 4.74 Å². The topological polar surface area (TPSA) is 9.23 Å². The molecule has 102 valence electrons. The van der Waals surface area contributed by atoms with Crippen LogP contribution in [0.4, 0.5) is 0 Å². The number of benzene rings is 1. The van der Waals surface area contributed by atoms with Crippen LogP contribution in [0.1, 0.15) is 39.2 Å². The number of hydrogen-bond donors (Lipinski definition) is 0. The zero-order chi connectivity index (χ0) is 14.1. The summed E-state index contributed by atoms with van der Waals surface area (Å²) in [4.78, 5) is 0. The van der Waals surface area contributed by atoms with Gasteiger partial charge in [0.25, 0.3) is 0 Å². The van der Waals surface area contributed by atoms with E-state index in [1.807, 2.05) is 30.3 Å². The molecule has 1 aromatic carbocycles. The maximum atomic E-state index is 5.76. The first-order chi connectivity index (χ1) is 9.13. The van der Waals surface area contributed by atoms with Gasteiger partial charge in [-0.15, -0.1) is 0 Å². The molecular weight excluding hydrogens is 232 g/mol. The summed E-state index contributed by atoms with van der Waals surface area (Å²) in [6.45, 7) is 10.8. The van der Waals surface area contributed by atoms with E-state index in [4.69, 9.17) is 4.74 Å². The molecular formula is C18H24O. The number of para-hydroxylation sites is 1. The van der Waals surface area contributed by atoms with Gasteiger partial charge in [0.2, 0.25) is 0 Å². The molecule has 0 saturated heterocycles. The van der Waals surface area contributed by atoms with Crippen LogP contribution in [0.5, 0.6) is 5.75 Å². The fourth-order valence-electron chi connectivity index (χ4n) is 1.74. The van der Waals surface area contributed by atoms with Crippen LogP contribution in [-0.2, 0) is 0 Å². The first-order valence-electron chi connectivity index (χ1n) is 6.76. The van der Waals surface area contributed by atoms with Gasteiger partial charge in [-0.05, 0) is 45.8 Å².